The third kappa shape index (κ3) is 4.63. The lowest BCUT2D eigenvalue weighted by Crippen LogP contribution is -2.59. The Hall–Kier alpha value is -2.46. The number of likely N-dealkylation sites (tertiary alicyclic amines) is 1. The quantitative estimate of drug-likeness (QED) is 0.481. The number of anilines is 1. The van der Waals surface area contributed by atoms with E-state index in [0.717, 1.165) is 79.6 Å². The third-order valence-electron chi connectivity index (χ3n) is 7.13. The number of H-pyrrole nitrogens is 1. The SMILES string of the molecule is NS(=O)(=O)[N+]1(c2cccc(CN3CCC[C@H](Nc4ccc5[nH]ncc5c4)C3)c2)CCCCC1. The Labute approximate surface area is 195 Å². The van der Waals surface area contributed by atoms with Crippen LogP contribution in [0.3, 0.4) is 0 Å². The van der Waals surface area contributed by atoms with Crippen molar-refractivity contribution in [3.8, 4) is 0 Å². The number of rotatable bonds is 6. The van der Waals surface area contributed by atoms with Gasteiger partial charge in [0.25, 0.3) is 0 Å². The van der Waals surface area contributed by atoms with E-state index < -0.39 is 10.2 Å². The highest BCUT2D eigenvalue weighted by Crippen LogP contribution is 2.32. The van der Waals surface area contributed by atoms with Crippen molar-refractivity contribution < 1.29 is 8.42 Å². The van der Waals surface area contributed by atoms with Crippen LogP contribution in [0.4, 0.5) is 11.4 Å². The first kappa shape index (κ1) is 22.3. The molecule has 0 unspecified atom stereocenters. The van der Waals surface area contributed by atoms with Crippen LogP contribution in [0.2, 0.25) is 0 Å². The van der Waals surface area contributed by atoms with Crippen molar-refractivity contribution in [2.45, 2.75) is 44.7 Å². The van der Waals surface area contributed by atoms with Crippen LogP contribution in [0, 0.1) is 0 Å². The van der Waals surface area contributed by atoms with Gasteiger partial charge in [0.2, 0.25) is 0 Å². The van der Waals surface area contributed by atoms with Gasteiger partial charge in [-0.15, -0.1) is 0 Å². The molecule has 8 nitrogen and oxygen atoms in total. The number of hydrogen-bond donors (Lipinski definition) is 3. The molecule has 4 N–H and O–H groups in total. The van der Waals surface area contributed by atoms with Crippen molar-refractivity contribution in [2.24, 2.45) is 5.14 Å². The number of nitrogens with zero attached hydrogens (tertiary/aromatic N) is 3. The number of aromatic nitrogens is 2. The largest absolute Gasteiger partial charge is 0.381 e. The van der Waals surface area contributed by atoms with Gasteiger partial charge in [-0.2, -0.15) is 22.5 Å². The number of quaternary nitrogens is 1. The number of piperidine rings is 2. The molecule has 0 spiro atoms. The molecule has 9 heteroatoms. The van der Waals surface area contributed by atoms with E-state index in [4.69, 9.17) is 5.14 Å². The molecule has 1 aromatic heterocycles. The molecule has 2 aliphatic heterocycles. The van der Waals surface area contributed by atoms with E-state index in [0.29, 0.717) is 19.1 Å². The van der Waals surface area contributed by atoms with Crippen LogP contribution in [-0.4, -0.2) is 55.7 Å². The second kappa shape index (κ2) is 9.06. The van der Waals surface area contributed by atoms with E-state index in [2.05, 4.69) is 50.7 Å². The molecular formula is C24H33N6O2S+. The normalized spacial score (nSPS) is 21.8. The maximum atomic E-state index is 12.6. The molecule has 176 valence electrons. The van der Waals surface area contributed by atoms with Gasteiger partial charge in [-0.05, 0) is 62.4 Å². The Kier molecular flexibility index (Phi) is 6.13. The van der Waals surface area contributed by atoms with E-state index in [1.807, 2.05) is 18.3 Å². The Morgan fingerprint density at radius 3 is 2.79 bits per heavy atom. The fourth-order valence-electron chi connectivity index (χ4n) is 5.43. The smallest absolute Gasteiger partial charge is 0.372 e. The minimum atomic E-state index is -3.74. The molecule has 2 fully saturated rings. The fourth-order valence-corrected chi connectivity index (χ4v) is 6.61. The second-order valence-corrected chi connectivity index (χ2v) is 11.2. The highest BCUT2D eigenvalue weighted by Gasteiger charge is 2.43. The van der Waals surface area contributed by atoms with Gasteiger partial charge in [0, 0.05) is 42.3 Å². The summed E-state index contributed by atoms with van der Waals surface area (Å²) in [5.74, 6) is 0. The zero-order valence-corrected chi connectivity index (χ0v) is 19.7. The van der Waals surface area contributed by atoms with Crippen molar-refractivity contribution >= 4 is 32.5 Å². The summed E-state index contributed by atoms with van der Waals surface area (Å²) in [5, 5.41) is 17.6. The minimum Gasteiger partial charge on any atom is -0.381 e. The monoisotopic (exact) mass is 469 g/mol. The lowest BCUT2D eigenvalue weighted by atomic mass is 10.0. The second-order valence-electron chi connectivity index (χ2n) is 9.47. The molecule has 3 aromatic rings. The van der Waals surface area contributed by atoms with Gasteiger partial charge in [-0.3, -0.25) is 10.00 Å². The summed E-state index contributed by atoms with van der Waals surface area (Å²) in [7, 11) is -3.74. The zero-order valence-electron chi connectivity index (χ0n) is 18.9. The summed E-state index contributed by atoms with van der Waals surface area (Å²) in [4.78, 5) is 2.45. The molecule has 1 atom stereocenters. The first-order chi connectivity index (χ1) is 15.9. The van der Waals surface area contributed by atoms with Crippen molar-refractivity contribution in [3.63, 3.8) is 0 Å². The summed E-state index contributed by atoms with van der Waals surface area (Å²) in [6, 6.07) is 14.7. The third-order valence-corrected chi connectivity index (χ3v) is 8.68. The van der Waals surface area contributed by atoms with Crippen LogP contribution < -0.4 is 14.3 Å². The van der Waals surface area contributed by atoms with Gasteiger partial charge in [-0.1, -0.05) is 12.1 Å². The van der Waals surface area contributed by atoms with Gasteiger partial charge < -0.3 is 5.32 Å². The van der Waals surface area contributed by atoms with Gasteiger partial charge in [0.05, 0.1) is 24.8 Å². The minimum absolute atomic E-state index is 0.124. The molecule has 0 amide bonds. The standard InChI is InChI=1S/C24H33N6O2S/c25-33(31,32)30(12-2-1-3-13-30)23-8-4-6-19(14-23)17-29-11-5-7-22(18-29)27-21-9-10-24-20(15-21)16-26-28-24/h4,6,8-10,14-16,22,27H,1-3,5,7,11-13,17-18H2,(H,26,28)(H2,25,31,32)/q+1/t22-/m0/s1. The van der Waals surface area contributed by atoms with Gasteiger partial charge >= 0.3 is 10.2 Å². The van der Waals surface area contributed by atoms with Gasteiger partial charge in [0.1, 0.15) is 5.69 Å². The molecule has 0 radical (unpaired) electrons. The Bertz CT molecular complexity index is 1220. The Morgan fingerprint density at radius 1 is 1.12 bits per heavy atom. The van der Waals surface area contributed by atoms with E-state index in [1.54, 1.807) is 0 Å². The summed E-state index contributed by atoms with van der Waals surface area (Å²) in [5.41, 5.74) is 4.09. The van der Waals surface area contributed by atoms with Crippen LogP contribution in [0.1, 0.15) is 37.7 Å². The average molecular weight is 470 g/mol. The molecule has 0 bridgehead atoms. The first-order valence-corrected chi connectivity index (χ1v) is 13.3. The molecule has 2 saturated heterocycles. The van der Waals surface area contributed by atoms with Crippen LogP contribution in [-0.2, 0) is 16.8 Å². The Balaban J connectivity index is 1.29. The van der Waals surface area contributed by atoms with E-state index in [-0.39, 0.29) is 3.89 Å². The summed E-state index contributed by atoms with van der Waals surface area (Å²) in [6.07, 6.45) is 6.92. The summed E-state index contributed by atoms with van der Waals surface area (Å²) < 4.78 is 25.1. The number of benzene rings is 2. The van der Waals surface area contributed by atoms with E-state index in [9.17, 15) is 8.42 Å². The molecule has 0 aliphatic carbocycles. The predicted octanol–water partition coefficient (Wildman–Crippen LogP) is 3.33. The van der Waals surface area contributed by atoms with E-state index >= 15 is 0 Å². The molecule has 3 heterocycles. The Morgan fingerprint density at radius 2 is 1.97 bits per heavy atom. The molecule has 2 aliphatic rings. The first-order valence-electron chi connectivity index (χ1n) is 11.8. The number of hydrogen-bond acceptors (Lipinski definition) is 5. The van der Waals surface area contributed by atoms with Crippen molar-refractivity contribution in [2.75, 3.05) is 31.5 Å². The maximum absolute atomic E-state index is 12.6. The van der Waals surface area contributed by atoms with Crippen molar-refractivity contribution in [1.29, 1.82) is 0 Å². The fraction of sp³-hybridized carbons (Fsp3) is 0.458. The highest BCUT2D eigenvalue weighted by atomic mass is 32.2. The van der Waals surface area contributed by atoms with Crippen molar-refractivity contribution in [3.05, 3.63) is 54.2 Å². The summed E-state index contributed by atoms with van der Waals surface area (Å²) in [6.45, 7) is 3.90. The zero-order chi connectivity index (χ0) is 22.9. The van der Waals surface area contributed by atoms with Crippen LogP contribution >= 0.6 is 0 Å². The predicted molar refractivity (Wildman–Crippen MR) is 133 cm³/mol. The number of fused-ring (bicyclic) bond motifs is 1. The van der Waals surface area contributed by atoms with E-state index in [1.165, 1.54) is 0 Å². The van der Waals surface area contributed by atoms with Crippen LogP contribution in [0.25, 0.3) is 10.9 Å². The topological polar surface area (TPSA) is 104 Å². The number of aromatic amines is 1. The number of nitrogens with two attached hydrogens (primary N) is 1. The molecule has 33 heavy (non-hydrogen) atoms. The van der Waals surface area contributed by atoms with Crippen LogP contribution in [0.5, 0.6) is 0 Å². The summed E-state index contributed by atoms with van der Waals surface area (Å²) >= 11 is 0. The van der Waals surface area contributed by atoms with Gasteiger partial charge in [-0.25, -0.2) is 0 Å². The molecule has 5 rings (SSSR count). The van der Waals surface area contributed by atoms with Crippen LogP contribution in [0.15, 0.2) is 48.7 Å². The number of nitrogens with one attached hydrogen (secondary N) is 2. The van der Waals surface area contributed by atoms with Gasteiger partial charge in [0.15, 0.2) is 0 Å². The molecule has 0 saturated carbocycles. The molecule has 2 aromatic carbocycles. The van der Waals surface area contributed by atoms with Crippen molar-refractivity contribution in [1.82, 2.24) is 19.0 Å². The lowest BCUT2D eigenvalue weighted by molar-refractivity contribution is 0.208. The lowest BCUT2D eigenvalue weighted by Gasteiger charge is -2.38. The molecular weight excluding hydrogens is 436 g/mol. The highest BCUT2D eigenvalue weighted by molar-refractivity contribution is 7.88. The average Bonchev–Trinajstić information content (AvgIpc) is 3.27. The maximum Gasteiger partial charge on any atom is 0.372 e.